The summed E-state index contributed by atoms with van der Waals surface area (Å²) in [4.78, 5) is 0. The largest absolute Gasteiger partial charge is 0.316 e. The number of hydrogen-bond acceptors (Lipinski definition) is 3. The summed E-state index contributed by atoms with van der Waals surface area (Å²) in [5, 5.41) is 3.34. The van der Waals surface area contributed by atoms with Gasteiger partial charge in [0, 0.05) is 12.8 Å². The SMILES string of the molecule is CC(C)(c1ccc(C2CCNC2)cc1)S(C)(=O)=O. The summed E-state index contributed by atoms with van der Waals surface area (Å²) in [6, 6.07) is 8.04. The minimum Gasteiger partial charge on any atom is -0.316 e. The van der Waals surface area contributed by atoms with E-state index < -0.39 is 14.6 Å². The van der Waals surface area contributed by atoms with Crippen LogP contribution in [0.4, 0.5) is 0 Å². The van der Waals surface area contributed by atoms with E-state index in [4.69, 9.17) is 0 Å². The van der Waals surface area contributed by atoms with Gasteiger partial charge in [0.25, 0.3) is 0 Å². The van der Waals surface area contributed by atoms with Gasteiger partial charge in [-0.05, 0) is 43.9 Å². The highest BCUT2D eigenvalue weighted by Gasteiger charge is 2.32. The van der Waals surface area contributed by atoms with Gasteiger partial charge in [-0.3, -0.25) is 0 Å². The highest BCUT2D eigenvalue weighted by atomic mass is 32.2. The van der Waals surface area contributed by atoms with Crippen LogP contribution in [0.1, 0.15) is 37.3 Å². The monoisotopic (exact) mass is 267 g/mol. The molecule has 1 saturated heterocycles. The Morgan fingerprint density at radius 1 is 1.22 bits per heavy atom. The van der Waals surface area contributed by atoms with Crippen molar-refractivity contribution in [3.8, 4) is 0 Å². The molecule has 1 aliphatic rings. The molecule has 1 heterocycles. The average molecular weight is 267 g/mol. The first-order valence-corrected chi connectivity index (χ1v) is 8.22. The van der Waals surface area contributed by atoms with Gasteiger partial charge in [0.2, 0.25) is 0 Å². The molecule has 0 amide bonds. The Morgan fingerprint density at radius 3 is 2.28 bits per heavy atom. The van der Waals surface area contributed by atoms with Gasteiger partial charge in [-0.25, -0.2) is 8.42 Å². The van der Waals surface area contributed by atoms with E-state index in [-0.39, 0.29) is 0 Å². The number of nitrogens with one attached hydrogen (secondary N) is 1. The van der Waals surface area contributed by atoms with Crippen molar-refractivity contribution < 1.29 is 8.42 Å². The lowest BCUT2D eigenvalue weighted by molar-refractivity contribution is 0.561. The first kappa shape index (κ1) is 13.6. The quantitative estimate of drug-likeness (QED) is 0.911. The topological polar surface area (TPSA) is 46.2 Å². The van der Waals surface area contributed by atoms with E-state index >= 15 is 0 Å². The summed E-state index contributed by atoms with van der Waals surface area (Å²) < 4.78 is 22.7. The molecule has 0 bridgehead atoms. The molecule has 0 spiro atoms. The molecule has 4 heteroatoms. The van der Waals surface area contributed by atoms with Crippen LogP contribution in [0.25, 0.3) is 0 Å². The number of rotatable bonds is 3. The zero-order valence-corrected chi connectivity index (χ0v) is 12.0. The maximum absolute atomic E-state index is 11.8. The molecule has 3 nitrogen and oxygen atoms in total. The van der Waals surface area contributed by atoms with Crippen molar-refractivity contribution in [3.63, 3.8) is 0 Å². The lowest BCUT2D eigenvalue weighted by Crippen LogP contribution is -2.28. The van der Waals surface area contributed by atoms with Gasteiger partial charge in [-0.1, -0.05) is 24.3 Å². The molecule has 1 N–H and O–H groups in total. The molecule has 0 radical (unpaired) electrons. The van der Waals surface area contributed by atoms with Crippen molar-refractivity contribution in [2.75, 3.05) is 19.3 Å². The molecule has 1 aromatic carbocycles. The summed E-state index contributed by atoms with van der Waals surface area (Å²) >= 11 is 0. The lowest BCUT2D eigenvalue weighted by Gasteiger charge is -2.23. The van der Waals surface area contributed by atoms with Crippen molar-refractivity contribution in [2.24, 2.45) is 0 Å². The zero-order chi connectivity index (χ0) is 13.4. The molecule has 0 aromatic heterocycles. The predicted molar refractivity (Wildman–Crippen MR) is 74.5 cm³/mol. The second-order valence-electron chi connectivity index (χ2n) is 5.59. The van der Waals surface area contributed by atoms with Crippen molar-refractivity contribution in [1.82, 2.24) is 5.32 Å². The fourth-order valence-corrected chi connectivity index (χ4v) is 2.87. The molecule has 1 aliphatic heterocycles. The third kappa shape index (κ3) is 2.45. The first-order chi connectivity index (χ1) is 8.32. The van der Waals surface area contributed by atoms with E-state index in [0.717, 1.165) is 25.1 Å². The predicted octanol–water partition coefficient (Wildman–Crippen LogP) is 2.04. The molecule has 1 fully saturated rings. The lowest BCUT2D eigenvalue weighted by atomic mass is 9.94. The average Bonchev–Trinajstić information content (AvgIpc) is 2.81. The van der Waals surface area contributed by atoms with Crippen LogP contribution in [0.2, 0.25) is 0 Å². The minimum atomic E-state index is -3.10. The third-order valence-electron chi connectivity index (χ3n) is 4.06. The molecular weight excluding hydrogens is 246 g/mol. The molecule has 1 atom stereocenters. The van der Waals surface area contributed by atoms with Crippen molar-refractivity contribution in [2.45, 2.75) is 30.9 Å². The van der Waals surface area contributed by atoms with Crippen LogP contribution < -0.4 is 5.32 Å². The number of hydrogen-bond donors (Lipinski definition) is 1. The minimum absolute atomic E-state index is 0.570. The number of benzene rings is 1. The van der Waals surface area contributed by atoms with Crippen LogP contribution in [-0.4, -0.2) is 27.8 Å². The van der Waals surface area contributed by atoms with Crippen LogP contribution in [0, 0.1) is 0 Å². The van der Waals surface area contributed by atoms with Gasteiger partial charge in [0.1, 0.15) is 0 Å². The molecule has 1 aromatic rings. The first-order valence-electron chi connectivity index (χ1n) is 6.33. The fraction of sp³-hybridized carbons (Fsp3) is 0.571. The van der Waals surface area contributed by atoms with Crippen molar-refractivity contribution in [1.29, 1.82) is 0 Å². The van der Waals surface area contributed by atoms with Crippen LogP contribution in [0.3, 0.4) is 0 Å². The van der Waals surface area contributed by atoms with Crippen LogP contribution in [-0.2, 0) is 14.6 Å². The second kappa shape index (κ2) is 4.67. The number of sulfone groups is 1. The van der Waals surface area contributed by atoms with Crippen LogP contribution in [0.5, 0.6) is 0 Å². The molecule has 0 aliphatic carbocycles. The zero-order valence-electron chi connectivity index (χ0n) is 11.2. The van der Waals surface area contributed by atoms with Gasteiger partial charge < -0.3 is 5.32 Å². The van der Waals surface area contributed by atoms with Crippen LogP contribution >= 0.6 is 0 Å². The molecular formula is C14H21NO2S. The van der Waals surface area contributed by atoms with E-state index in [1.54, 1.807) is 13.8 Å². The van der Waals surface area contributed by atoms with E-state index in [0.29, 0.717) is 5.92 Å². The Kier molecular flexibility index (Phi) is 3.52. The molecule has 2 rings (SSSR count). The van der Waals surface area contributed by atoms with Gasteiger partial charge in [0.15, 0.2) is 9.84 Å². The molecule has 100 valence electrons. The summed E-state index contributed by atoms with van der Waals surface area (Å²) in [6.45, 7) is 5.61. The van der Waals surface area contributed by atoms with Gasteiger partial charge in [-0.2, -0.15) is 0 Å². The van der Waals surface area contributed by atoms with Crippen molar-refractivity contribution >= 4 is 9.84 Å². The summed E-state index contributed by atoms with van der Waals surface area (Å²) in [5.74, 6) is 0.570. The Balaban J connectivity index is 2.27. The Labute approximate surface area is 110 Å². The molecule has 1 unspecified atom stereocenters. The molecule has 18 heavy (non-hydrogen) atoms. The van der Waals surface area contributed by atoms with Gasteiger partial charge in [-0.15, -0.1) is 0 Å². The van der Waals surface area contributed by atoms with E-state index in [2.05, 4.69) is 17.4 Å². The highest BCUT2D eigenvalue weighted by Crippen LogP contribution is 2.30. The Morgan fingerprint density at radius 2 is 1.83 bits per heavy atom. The molecule has 0 saturated carbocycles. The smallest absolute Gasteiger partial charge is 0.156 e. The maximum atomic E-state index is 11.8. The van der Waals surface area contributed by atoms with Crippen LogP contribution in [0.15, 0.2) is 24.3 Å². The summed E-state index contributed by atoms with van der Waals surface area (Å²) in [5.41, 5.74) is 2.16. The summed E-state index contributed by atoms with van der Waals surface area (Å²) in [7, 11) is -3.10. The Hall–Kier alpha value is -0.870. The Bertz CT molecular complexity index is 511. The second-order valence-corrected chi connectivity index (χ2v) is 8.16. The van der Waals surface area contributed by atoms with Crippen molar-refractivity contribution in [3.05, 3.63) is 35.4 Å². The van der Waals surface area contributed by atoms with E-state index in [9.17, 15) is 8.42 Å². The summed E-state index contributed by atoms with van der Waals surface area (Å²) in [6.07, 6.45) is 2.45. The van der Waals surface area contributed by atoms with Gasteiger partial charge in [0.05, 0.1) is 4.75 Å². The highest BCUT2D eigenvalue weighted by molar-refractivity contribution is 7.91. The fourth-order valence-electron chi connectivity index (χ4n) is 2.31. The maximum Gasteiger partial charge on any atom is 0.156 e. The van der Waals surface area contributed by atoms with E-state index in [1.807, 2.05) is 12.1 Å². The standard InChI is InChI=1S/C14H21NO2S/c1-14(2,18(3,16)17)13-6-4-11(5-7-13)12-8-9-15-10-12/h4-7,12,15H,8-10H2,1-3H3. The third-order valence-corrected chi connectivity index (χ3v) is 6.15. The normalized spacial score (nSPS) is 21.2. The van der Waals surface area contributed by atoms with Gasteiger partial charge >= 0.3 is 0 Å². The van der Waals surface area contributed by atoms with E-state index in [1.165, 1.54) is 11.8 Å².